The highest BCUT2D eigenvalue weighted by molar-refractivity contribution is 9.11. The fourth-order valence-corrected chi connectivity index (χ4v) is 8.76. The number of ether oxygens (including phenoxy) is 4. The minimum Gasteiger partial charge on any atom is -0.488 e. The number of sulfone groups is 1. The van der Waals surface area contributed by atoms with Crippen molar-refractivity contribution in [3.05, 3.63) is 42.2 Å². The highest BCUT2D eigenvalue weighted by atomic mass is 79.9. The summed E-state index contributed by atoms with van der Waals surface area (Å²) in [5.41, 5.74) is 0. The summed E-state index contributed by atoms with van der Waals surface area (Å²) in [4.78, 5) is 0.224. The molecule has 39 heavy (non-hydrogen) atoms. The van der Waals surface area contributed by atoms with Crippen molar-refractivity contribution in [1.29, 1.82) is 0 Å². The minimum absolute atomic E-state index is 0.112. The highest BCUT2D eigenvalue weighted by Gasteiger charge is 2.24. The van der Waals surface area contributed by atoms with Gasteiger partial charge in [0.1, 0.15) is 36.9 Å². The summed E-state index contributed by atoms with van der Waals surface area (Å²) in [6.07, 6.45) is 3.82. The molecule has 0 amide bonds. The maximum atomic E-state index is 13.6. The van der Waals surface area contributed by atoms with Gasteiger partial charge in [-0.25, -0.2) is 8.42 Å². The van der Waals surface area contributed by atoms with Gasteiger partial charge in [0.2, 0.25) is 9.84 Å². The fraction of sp³-hybridized carbons (Fsp3) is 0.538. The fourth-order valence-electron chi connectivity index (χ4n) is 3.21. The van der Waals surface area contributed by atoms with Gasteiger partial charge in [-0.3, -0.25) is 0 Å². The van der Waals surface area contributed by atoms with Crippen molar-refractivity contribution in [3.8, 4) is 11.5 Å². The lowest BCUT2D eigenvalue weighted by atomic mass is 10.3. The lowest BCUT2D eigenvalue weighted by molar-refractivity contribution is 0.0341. The molecule has 0 aliphatic rings. The molecule has 2 atom stereocenters. The zero-order valence-corrected chi connectivity index (χ0v) is 32.0. The third kappa shape index (κ3) is 11.1. The molecule has 2 aromatic rings. The van der Waals surface area contributed by atoms with E-state index >= 15 is 0 Å². The third-order valence-corrected chi connectivity index (χ3v) is 11.0. The van der Waals surface area contributed by atoms with Crippen molar-refractivity contribution in [2.24, 2.45) is 0 Å². The predicted octanol–water partition coefficient (Wildman–Crippen LogP) is 9.49. The number of unbranched alkanes of at least 4 members (excludes halogenated alkanes) is 2. The van der Waals surface area contributed by atoms with Gasteiger partial charge < -0.3 is 18.9 Å². The molecule has 0 spiro atoms. The molecule has 0 aliphatic heterocycles. The summed E-state index contributed by atoms with van der Waals surface area (Å²) >= 11 is 20.8. The molecule has 0 fully saturated rings. The van der Waals surface area contributed by atoms with Gasteiger partial charge in [0.15, 0.2) is 0 Å². The maximum Gasteiger partial charge on any atom is 0.206 e. The van der Waals surface area contributed by atoms with Crippen LogP contribution in [0, 0.1) is 0 Å². The van der Waals surface area contributed by atoms with E-state index in [2.05, 4.69) is 109 Å². The molecular formula is C26H32Br6O6S. The Labute approximate surface area is 282 Å². The smallest absolute Gasteiger partial charge is 0.206 e. The van der Waals surface area contributed by atoms with Crippen molar-refractivity contribution in [1.82, 2.24) is 0 Å². The lowest BCUT2D eigenvalue weighted by Crippen LogP contribution is -2.24. The van der Waals surface area contributed by atoms with Crippen LogP contribution in [0.4, 0.5) is 0 Å². The molecule has 6 nitrogen and oxygen atoms in total. The lowest BCUT2D eigenvalue weighted by Gasteiger charge is -2.19. The number of rotatable bonds is 18. The topological polar surface area (TPSA) is 71.1 Å². The molecule has 0 aromatic heterocycles. The predicted molar refractivity (Wildman–Crippen MR) is 177 cm³/mol. The van der Waals surface area contributed by atoms with Crippen LogP contribution < -0.4 is 9.47 Å². The maximum absolute atomic E-state index is 13.6. The Morgan fingerprint density at radius 2 is 1.00 bits per heavy atom. The molecule has 0 saturated heterocycles. The average molecular weight is 952 g/mol. The quantitative estimate of drug-likeness (QED) is 0.110. The molecule has 0 N–H and O–H groups in total. The van der Waals surface area contributed by atoms with E-state index in [4.69, 9.17) is 18.9 Å². The van der Waals surface area contributed by atoms with Gasteiger partial charge >= 0.3 is 0 Å². The first-order valence-corrected chi connectivity index (χ1v) is 19.3. The molecule has 0 radical (unpaired) electrons. The molecule has 0 aliphatic carbocycles. The minimum atomic E-state index is -3.86. The monoisotopic (exact) mass is 946 g/mol. The van der Waals surface area contributed by atoms with Crippen molar-refractivity contribution in [3.63, 3.8) is 0 Å². The van der Waals surface area contributed by atoms with Gasteiger partial charge in [0, 0.05) is 23.9 Å². The summed E-state index contributed by atoms with van der Waals surface area (Å²) in [5, 5.41) is 1.26. The zero-order valence-electron chi connectivity index (χ0n) is 21.7. The van der Waals surface area contributed by atoms with Gasteiger partial charge in [0.25, 0.3) is 0 Å². The standard InChI is InChI=1S/C26H32Br6O6S/c1-3-5-7-35-17(13-27)15-37-25-21(29)9-19(10-22(25)30)39(33,34)20-11-23(31)26(24(32)12-20)38-16-18(14-28)36-8-6-4-2/h9-12,17-18H,3-8,13-16H2,1-2H3. The Bertz CT molecular complexity index is 1030. The van der Waals surface area contributed by atoms with E-state index in [0.717, 1.165) is 25.7 Å². The van der Waals surface area contributed by atoms with E-state index in [1.54, 1.807) is 0 Å². The van der Waals surface area contributed by atoms with E-state index in [1.807, 2.05) is 0 Å². The number of hydrogen-bond donors (Lipinski definition) is 0. The summed E-state index contributed by atoms with van der Waals surface area (Å²) in [7, 11) is -3.86. The summed E-state index contributed by atoms with van der Waals surface area (Å²) in [6.45, 7) is 6.18. The summed E-state index contributed by atoms with van der Waals surface area (Å²) < 4.78 is 52.8. The van der Waals surface area contributed by atoms with Gasteiger partial charge in [-0.1, -0.05) is 58.5 Å². The van der Waals surface area contributed by atoms with Crippen molar-refractivity contribution < 1.29 is 27.4 Å². The zero-order chi connectivity index (χ0) is 29.0. The first kappa shape index (κ1) is 36.0. The summed E-state index contributed by atoms with van der Waals surface area (Å²) in [5.74, 6) is 1.01. The molecule has 0 bridgehead atoms. The third-order valence-electron chi connectivity index (χ3n) is 5.44. The molecule has 2 rings (SSSR count). The number of benzene rings is 2. The molecular weight excluding hydrogens is 920 g/mol. The van der Waals surface area contributed by atoms with Gasteiger partial charge in [0.05, 0.1) is 27.7 Å². The van der Waals surface area contributed by atoms with Crippen LogP contribution in [0.25, 0.3) is 0 Å². The Balaban J connectivity index is 2.20. The van der Waals surface area contributed by atoms with Crippen molar-refractivity contribution in [2.75, 3.05) is 37.1 Å². The molecule has 0 heterocycles. The van der Waals surface area contributed by atoms with Gasteiger partial charge in [-0.2, -0.15) is 0 Å². The van der Waals surface area contributed by atoms with E-state index in [9.17, 15) is 8.42 Å². The molecule has 2 unspecified atom stereocenters. The first-order chi connectivity index (χ1) is 18.6. The molecule has 2 aromatic carbocycles. The normalized spacial score (nSPS) is 13.3. The Morgan fingerprint density at radius 3 is 1.28 bits per heavy atom. The van der Waals surface area contributed by atoms with Crippen LogP contribution in [-0.2, 0) is 19.3 Å². The Kier molecular flexibility index (Phi) is 17.0. The van der Waals surface area contributed by atoms with Crippen LogP contribution in [0.15, 0.2) is 51.9 Å². The number of halogens is 6. The Hall–Kier alpha value is 0.790. The highest BCUT2D eigenvalue weighted by Crippen LogP contribution is 2.41. The second-order valence-electron chi connectivity index (χ2n) is 8.56. The van der Waals surface area contributed by atoms with Crippen LogP contribution in [0.2, 0.25) is 0 Å². The largest absolute Gasteiger partial charge is 0.488 e. The van der Waals surface area contributed by atoms with Crippen molar-refractivity contribution >= 4 is 105 Å². The van der Waals surface area contributed by atoms with E-state index in [0.29, 0.717) is 66.5 Å². The molecule has 0 saturated carbocycles. The van der Waals surface area contributed by atoms with Crippen LogP contribution >= 0.6 is 95.6 Å². The van der Waals surface area contributed by atoms with Crippen LogP contribution in [0.5, 0.6) is 11.5 Å². The van der Waals surface area contributed by atoms with Crippen molar-refractivity contribution in [2.45, 2.75) is 61.5 Å². The average Bonchev–Trinajstić information content (AvgIpc) is 2.89. The summed E-state index contributed by atoms with van der Waals surface area (Å²) in [6, 6.07) is 6.15. The van der Waals surface area contributed by atoms with Gasteiger partial charge in [-0.05, 0) is 101 Å². The number of alkyl halides is 2. The molecule has 13 heteroatoms. The Morgan fingerprint density at radius 1 is 0.667 bits per heavy atom. The van der Waals surface area contributed by atoms with Crippen LogP contribution in [-0.4, -0.2) is 57.7 Å². The van der Waals surface area contributed by atoms with E-state index in [-0.39, 0.29) is 22.0 Å². The number of hydrogen-bond acceptors (Lipinski definition) is 6. The van der Waals surface area contributed by atoms with E-state index in [1.165, 1.54) is 24.3 Å². The van der Waals surface area contributed by atoms with Crippen LogP contribution in [0.1, 0.15) is 39.5 Å². The van der Waals surface area contributed by atoms with E-state index < -0.39 is 9.84 Å². The molecule has 220 valence electrons. The second kappa shape index (κ2) is 18.5. The second-order valence-corrected chi connectivity index (χ2v) is 15.2. The van der Waals surface area contributed by atoms with Gasteiger partial charge in [-0.15, -0.1) is 0 Å². The SMILES string of the molecule is CCCCOC(CBr)COc1c(Br)cc(S(=O)(=O)c2cc(Br)c(OCC(CBr)OCCCC)c(Br)c2)cc1Br. The first-order valence-electron chi connectivity index (χ1n) is 12.4. The van der Waals surface area contributed by atoms with Crippen LogP contribution in [0.3, 0.4) is 0 Å².